The zero-order valence-electron chi connectivity index (χ0n) is 27.5. The number of esters is 2. The Morgan fingerprint density at radius 2 is 1.40 bits per heavy atom. The Bertz CT molecular complexity index is 1490. The summed E-state index contributed by atoms with van der Waals surface area (Å²) in [5, 5.41) is 0. The first-order chi connectivity index (χ1) is 22.4. The highest BCUT2D eigenvalue weighted by atomic mass is 19.1. The largest absolute Gasteiger partial charge is 0.432 e. The summed E-state index contributed by atoms with van der Waals surface area (Å²) in [6, 6.07) is 6.33. The van der Waals surface area contributed by atoms with E-state index in [1.165, 1.54) is 12.1 Å². The fourth-order valence-electron chi connectivity index (χ4n) is 11.5. The van der Waals surface area contributed by atoms with E-state index in [0.717, 1.165) is 25.7 Å². The van der Waals surface area contributed by atoms with E-state index in [-0.39, 0.29) is 36.5 Å². The molecule has 8 saturated heterocycles. The average molecular weight is 657 g/mol. The van der Waals surface area contributed by atoms with E-state index in [1.54, 1.807) is 6.07 Å². The van der Waals surface area contributed by atoms with Crippen molar-refractivity contribution in [1.82, 2.24) is 0 Å². The number of carbonyl (C=O) groups is 2. The number of rotatable bonds is 4. The van der Waals surface area contributed by atoms with E-state index < -0.39 is 70.4 Å². The third-order valence-electron chi connectivity index (χ3n) is 13.8. The summed E-state index contributed by atoms with van der Waals surface area (Å²) >= 11 is 0. The van der Waals surface area contributed by atoms with Gasteiger partial charge in [0.05, 0.1) is 11.3 Å². The molecule has 47 heavy (non-hydrogen) atoms. The van der Waals surface area contributed by atoms with Gasteiger partial charge in [-0.25, -0.2) is 23.9 Å². The monoisotopic (exact) mass is 656 g/mol. The molecule has 2 aliphatic carbocycles. The molecule has 0 amide bonds. The summed E-state index contributed by atoms with van der Waals surface area (Å²) in [4.78, 5) is 54.1. The third-order valence-corrected chi connectivity index (χ3v) is 13.8. The van der Waals surface area contributed by atoms with Gasteiger partial charge in [0.1, 0.15) is 5.82 Å². The van der Waals surface area contributed by atoms with Crippen LogP contribution >= 0.6 is 0 Å². The third kappa shape index (κ3) is 4.16. The zero-order valence-corrected chi connectivity index (χ0v) is 27.5. The Kier molecular flexibility index (Phi) is 6.70. The summed E-state index contributed by atoms with van der Waals surface area (Å²) in [6.07, 6.45) is 4.26. The van der Waals surface area contributed by atoms with Gasteiger partial charge in [0.2, 0.25) is 24.2 Å². The lowest BCUT2D eigenvalue weighted by atomic mass is 9.49. The molecule has 11 heteroatoms. The van der Waals surface area contributed by atoms with Gasteiger partial charge in [0.15, 0.2) is 11.2 Å². The first kappa shape index (κ1) is 30.9. The second-order valence-corrected chi connectivity index (χ2v) is 16.4. The lowest BCUT2D eigenvalue weighted by molar-refractivity contribution is -0.563. The van der Waals surface area contributed by atoms with Gasteiger partial charge < -0.3 is 18.9 Å². The van der Waals surface area contributed by atoms with Gasteiger partial charge in [0.25, 0.3) is 0 Å². The summed E-state index contributed by atoms with van der Waals surface area (Å²) in [6.45, 7) is 8.07. The van der Waals surface area contributed by atoms with Gasteiger partial charge in [0, 0.05) is 36.5 Å². The van der Waals surface area contributed by atoms with E-state index in [0.29, 0.717) is 37.2 Å². The molecule has 0 unspecified atom stereocenters. The first-order valence-electron chi connectivity index (χ1n) is 17.7. The van der Waals surface area contributed by atoms with Crippen molar-refractivity contribution in [3.8, 4) is 0 Å². The van der Waals surface area contributed by atoms with Crippen LogP contribution in [0, 0.1) is 52.7 Å². The highest BCUT2D eigenvalue weighted by molar-refractivity contribution is 5.82. The Balaban J connectivity index is 1.18. The molecule has 1 aromatic rings. The van der Waals surface area contributed by atoms with Gasteiger partial charge in [-0.1, -0.05) is 26.0 Å². The normalized spacial score (nSPS) is 52.8. The van der Waals surface area contributed by atoms with Crippen molar-refractivity contribution in [3.05, 3.63) is 35.6 Å². The Hall–Kier alpha value is -2.15. The molecule has 2 spiro atoms. The molecule has 0 radical (unpaired) electrons. The Morgan fingerprint density at radius 3 is 2.11 bits per heavy atom. The average Bonchev–Trinajstić information content (AvgIpc) is 3.40. The van der Waals surface area contributed by atoms with E-state index in [9.17, 15) is 14.0 Å². The molecule has 4 bridgehead atoms. The van der Waals surface area contributed by atoms with Crippen LogP contribution in [-0.2, 0) is 54.5 Å². The van der Waals surface area contributed by atoms with Crippen molar-refractivity contribution in [2.75, 3.05) is 0 Å². The van der Waals surface area contributed by atoms with Crippen LogP contribution < -0.4 is 0 Å². The van der Waals surface area contributed by atoms with Crippen LogP contribution in [0.4, 0.5) is 4.39 Å². The number of halogens is 1. The van der Waals surface area contributed by atoms with E-state index in [1.807, 2.05) is 19.9 Å². The molecule has 0 N–H and O–H groups in total. The second-order valence-electron chi connectivity index (χ2n) is 16.4. The lowest BCUT2D eigenvalue weighted by Crippen LogP contribution is -2.74. The molecular weight excluding hydrogens is 611 g/mol. The Labute approximate surface area is 274 Å². The van der Waals surface area contributed by atoms with Crippen LogP contribution in [0.15, 0.2) is 24.3 Å². The molecule has 8 aliphatic heterocycles. The van der Waals surface area contributed by atoms with Gasteiger partial charge in [-0.2, -0.15) is 0 Å². The Morgan fingerprint density at radius 1 is 0.766 bits per heavy atom. The SMILES string of the molecule is C[C@@H]1CC[C@H]2[C@H](C[C@@]3(Cc4cccc(F)c4)C(=O)O[C@@H]4O[C@@]5(C)CC[C@H]6[C@H](C)CC[C@@H]3[C@@]46OO5)C(=O)O[C@@H]3O[C@@]4(C)CC[C@@H]1[C@]32OO4. The number of hydrogen-bond donors (Lipinski definition) is 0. The van der Waals surface area contributed by atoms with Gasteiger partial charge in [-0.05, 0) is 94.7 Å². The van der Waals surface area contributed by atoms with Crippen LogP contribution in [0.2, 0.25) is 0 Å². The zero-order chi connectivity index (χ0) is 32.6. The molecule has 10 nitrogen and oxygen atoms in total. The van der Waals surface area contributed by atoms with Crippen molar-refractivity contribution < 1.29 is 52.5 Å². The summed E-state index contributed by atoms with van der Waals surface area (Å²) < 4.78 is 40.1. The van der Waals surface area contributed by atoms with Gasteiger partial charge in [-0.3, -0.25) is 9.59 Å². The summed E-state index contributed by atoms with van der Waals surface area (Å²) in [5.41, 5.74) is -2.73. The molecule has 11 rings (SSSR count). The molecule has 0 aromatic heterocycles. The molecule has 10 aliphatic rings. The number of ether oxygens (including phenoxy) is 4. The van der Waals surface area contributed by atoms with Crippen LogP contribution in [0.3, 0.4) is 0 Å². The number of fused-ring (bicyclic) bond motifs is 4. The predicted octanol–water partition coefficient (Wildman–Crippen LogP) is 5.91. The van der Waals surface area contributed by atoms with Crippen molar-refractivity contribution in [2.24, 2.45) is 46.8 Å². The fourth-order valence-corrected chi connectivity index (χ4v) is 11.5. The van der Waals surface area contributed by atoms with Crippen molar-refractivity contribution in [2.45, 2.75) is 127 Å². The van der Waals surface area contributed by atoms with Crippen molar-refractivity contribution in [3.63, 3.8) is 0 Å². The molecule has 14 atom stereocenters. The molecule has 10 fully saturated rings. The van der Waals surface area contributed by atoms with Crippen LogP contribution in [0.1, 0.15) is 91.0 Å². The maximum atomic E-state index is 14.8. The maximum absolute atomic E-state index is 14.8. The molecule has 2 saturated carbocycles. The standard InChI is InChI=1S/C36H45FO10/c1-19-8-10-26-23(28(38)40-30-35(26)24(19)12-14-32(3,42-30)44-46-35)18-34(17-21-6-5-7-22(37)16-21)27-11-9-20(2)25-13-15-33(4)43-31(41-29(34)39)36(25,27)47-45-33/h5-7,16,19-20,23-27,30-31H,8-15,17-18H2,1-4H3/t19-,20-,23+,24+,25+,26+,27+,30-,31-,32-,33-,34-,35-,36-/m1/s1. The second kappa shape index (κ2) is 10.2. The molecule has 256 valence electrons. The van der Waals surface area contributed by atoms with Crippen LogP contribution in [0.25, 0.3) is 0 Å². The summed E-state index contributed by atoms with van der Waals surface area (Å²) in [5.74, 6) is -4.25. The molecule has 1 aromatic carbocycles. The first-order valence-corrected chi connectivity index (χ1v) is 17.7. The lowest BCUT2D eigenvalue weighted by Gasteiger charge is -2.63. The van der Waals surface area contributed by atoms with Crippen LogP contribution in [0.5, 0.6) is 0 Å². The summed E-state index contributed by atoms with van der Waals surface area (Å²) in [7, 11) is 0. The van der Waals surface area contributed by atoms with Crippen molar-refractivity contribution >= 4 is 11.9 Å². The maximum Gasteiger partial charge on any atom is 0.315 e. The molecular formula is C36H45FO10. The number of benzene rings is 1. The van der Waals surface area contributed by atoms with Gasteiger partial charge in [-0.15, -0.1) is 0 Å². The van der Waals surface area contributed by atoms with E-state index >= 15 is 0 Å². The number of hydrogen-bond acceptors (Lipinski definition) is 10. The minimum absolute atomic E-state index is 0.0141. The van der Waals surface area contributed by atoms with E-state index in [4.69, 9.17) is 38.5 Å². The predicted molar refractivity (Wildman–Crippen MR) is 158 cm³/mol. The topological polar surface area (TPSA) is 108 Å². The van der Waals surface area contributed by atoms with Crippen LogP contribution in [-0.4, -0.2) is 47.3 Å². The fraction of sp³-hybridized carbons (Fsp3) is 0.778. The van der Waals surface area contributed by atoms with Gasteiger partial charge >= 0.3 is 11.9 Å². The minimum Gasteiger partial charge on any atom is -0.432 e. The highest BCUT2D eigenvalue weighted by Gasteiger charge is 2.77. The smallest absolute Gasteiger partial charge is 0.315 e. The molecule has 8 heterocycles. The minimum atomic E-state index is -1.28. The number of carbonyl (C=O) groups excluding carboxylic acids is 2. The highest BCUT2D eigenvalue weighted by Crippen LogP contribution is 2.67. The van der Waals surface area contributed by atoms with Crippen molar-refractivity contribution in [1.29, 1.82) is 0 Å². The quantitative estimate of drug-likeness (QED) is 0.287. The van der Waals surface area contributed by atoms with E-state index in [2.05, 4.69) is 13.8 Å².